The average Bonchev–Trinajstić information content (AvgIpc) is 2.56. The predicted molar refractivity (Wildman–Crippen MR) is 86.3 cm³/mol. The molecule has 0 fully saturated rings. The Bertz CT molecular complexity index is 737. The Kier molecular flexibility index (Phi) is 5.54. The summed E-state index contributed by atoms with van der Waals surface area (Å²) in [6, 6.07) is 10.6. The van der Waals surface area contributed by atoms with E-state index < -0.39 is 11.8 Å². The first-order chi connectivity index (χ1) is 11.0. The monoisotopic (exact) mass is 336 g/mol. The Hall–Kier alpha value is -2.60. The van der Waals surface area contributed by atoms with Crippen molar-refractivity contribution in [2.75, 3.05) is 24.3 Å². The maximum atomic E-state index is 13.1. The molecule has 0 bridgehead atoms. The maximum absolute atomic E-state index is 13.1. The summed E-state index contributed by atoms with van der Waals surface area (Å²) in [7, 11) is 1.28. The van der Waals surface area contributed by atoms with Gasteiger partial charge < -0.3 is 15.4 Å². The van der Waals surface area contributed by atoms with Gasteiger partial charge in [0, 0.05) is 11.4 Å². The lowest BCUT2D eigenvalue weighted by atomic mass is 10.2. The van der Waals surface area contributed by atoms with Gasteiger partial charge in [-0.25, -0.2) is 9.18 Å². The minimum Gasteiger partial charge on any atom is -0.465 e. The number of benzene rings is 2. The quantitative estimate of drug-likeness (QED) is 0.822. The second-order valence-corrected chi connectivity index (χ2v) is 4.97. The van der Waals surface area contributed by atoms with Crippen LogP contribution in [0.4, 0.5) is 15.8 Å². The average molecular weight is 337 g/mol. The van der Waals surface area contributed by atoms with Gasteiger partial charge in [0.25, 0.3) is 0 Å². The third kappa shape index (κ3) is 4.43. The molecule has 0 radical (unpaired) electrons. The molecule has 0 unspecified atom stereocenters. The van der Waals surface area contributed by atoms with Crippen LogP contribution in [-0.2, 0) is 9.53 Å². The van der Waals surface area contributed by atoms with Gasteiger partial charge in [0.15, 0.2) is 0 Å². The smallest absolute Gasteiger partial charge is 0.339 e. The van der Waals surface area contributed by atoms with Gasteiger partial charge in [0.05, 0.1) is 24.2 Å². The fraction of sp³-hybridized carbons (Fsp3) is 0.125. The number of ether oxygens (including phenoxy) is 1. The number of nitrogens with one attached hydrogen (secondary N) is 2. The molecule has 0 aliphatic heterocycles. The normalized spacial score (nSPS) is 10.0. The van der Waals surface area contributed by atoms with Crippen molar-refractivity contribution in [1.29, 1.82) is 0 Å². The molecule has 0 heterocycles. The second-order valence-electron chi connectivity index (χ2n) is 4.57. The van der Waals surface area contributed by atoms with E-state index in [2.05, 4.69) is 15.4 Å². The summed E-state index contributed by atoms with van der Waals surface area (Å²) in [5.41, 5.74) is 1.18. The lowest BCUT2D eigenvalue weighted by Crippen LogP contribution is -2.22. The number of carbonyl (C=O) groups excluding carboxylic acids is 2. The van der Waals surface area contributed by atoms with Crippen molar-refractivity contribution in [1.82, 2.24) is 0 Å². The minimum atomic E-state index is -0.560. The first-order valence-corrected chi connectivity index (χ1v) is 7.05. The van der Waals surface area contributed by atoms with E-state index in [1.54, 1.807) is 24.3 Å². The van der Waals surface area contributed by atoms with Crippen molar-refractivity contribution >= 4 is 34.9 Å². The summed E-state index contributed by atoms with van der Waals surface area (Å²) >= 11 is 5.65. The van der Waals surface area contributed by atoms with Crippen LogP contribution < -0.4 is 10.6 Å². The standard InChI is InChI=1S/C16H14ClFN2O3/c1-23-16(22)11-4-2-3-5-14(11)19-9-15(21)20-10-6-7-13(18)12(17)8-10/h2-8,19H,9H2,1H3,(H,20,21). The van der Waals surface area contributed by atoms with E-state index in [4.69, 9.17) is 11.6 Å². The molecule has 5 nitrogen and oxygen atoms in total. The first kappa shape index (κ1) is 16.8. The van der Waals surface area contributed by atoms with E-state index in [1.807, 2.05) is 0 Å². The molecule has 0 saturated carbocycles. The summed E-state index contributed by atoms with van der Waals surface area (Å²) in [5, 5.41) is 5.35. The Morgan fingerprint density at radius 3 is 2.65 bits per heavy atom. The van der Waals surface area contributed by atoms with Gasteiger partial charge in [-0.3, -0.25) is 4.79 Å². The van der Waals surface area contributed by atoms with Crippen LogP contribution in [0.3, 0.4) is 0 Å². The summed E-state index contributed by atoms with van der Waals surface area (Å²) in [5.74, 6) is -1.43. The number of amides is 1. The topological polar surface area (TPSA) is 67.4 Å². The van der Waals surface area contributed by atoms with Crippen molar-refractivity contribution < 1.29 is 18.7 Å². The van der Waals surface area contributed by atoms with Gasteiger partial charge in [-0.15, -0.1) is 0 Å². The third-order valence-corrected chi connectivity index (χ3v) is 3.26. The Balaban J connectivity index is 1.99. The van der Waals surface area contributed by atoms with Gasteiger partial charge in [-0.2, -0.15) is 0 Å². The van der Waals surface area contributed by atoms with Gasteiger partial charge in [0.1, 0.15) is 5.82 Å². The SMILES string of the molecule is COC(=O)c1ccccc1NCC(=O)Nc1ccc(F)c(Cl)c1. The van der Waals surface area contributed by atoms with E-state index in [0.29, 0.717) is 16.9 Å². The van der Waals surface area contributed by atoms with Crippen LogP contribution in [0.15, 0.2) is 42.5 Å². The molecule has 0 aromatic heterocycles. The maximum Gasteiger partial charge on any atom is 0.339 e. The fourth-order valence-electron chi connectivity index (χ4n) is 1.88. The molecule has 2 aromatic carbocycles. The molecule has 120 valence electrons. The van der Waals surface area contributed by atoms with Gasteiger partial charge in [-0.1, -0.05) is 23.7 Å². The number of para-hydroxylation sites is 1. The molecule has 23 heavy (non-hydrogen) atoms. The number of anilines is 2. The Labute approximate surface area is 137 Å². The summed E-state index contributed by atoms with van der Waals surface area (Å²) < 4.78 is 17.7. The highest BCUT2D eigenvalue weighted by molar-refractivity contribution is 6.31. The molecule has 2 rings (SSSR count). The lowest BCUT2D eigenvalue weighted by Gasteiger charge is -2.11. The molecule has 7 heteroatoms. The zero-order chi connectivity index (χ0) is 16.8. The third-order valence-electron chi connectivity index (χ3n) is 2.98. The van der Waals surface area contributed by atoms with Crippen molar-refractivity contribution in [3.05, 3.63) is 58.9 Å². The fourth-order valence-corrected chi connectivity index (χ4v) is 2.06. The lowest BCUT2D eigenvalue weighted by molar-refractivity contribution is -0.114. The second kappa shape index (κ2) is 7.60. The predicted octanol–water partition coefficient (Wildman–Crippen LogP) is 3.32. The summed E-state index contributed by atoms with van der Waals surface area (Å²) in [4.78, 5) is 23.5. The van der Waals surface area contributed by atoms with E-state index in [9.17, 15) is 14.0 Å². The zero-order valence-corrected chi connectivity index (χ0v) is 13.0. The number of rotatable bonds is 5. The summed E-state index contributed by atoms with van der Waals surface area (Å²) in [6.07, 6.45) is 0. The van der Waals surface area contributed by atoms with Crippen LogP contribution in [0.2, 0.25) is 5.02 Å². The molecule has 2 N–H and O–H groups in total. The number of esters is 1. The molecule has 0 aliphatic carbocycles. The van der Waals surface area contributed by atoms with E-state index in [-0.39, 0.29) is 17.5 Å². The summed E-state index contributed by atoms with van der Waals surface area (Å²) in [6.45, 7) is -0.0804. The van der Waals surface area contributed by atoms with Crippen molar-refractivity contribution in [2.24, 2.45) is 0 Å². The largest absolute Gasteiger partial charge is 0.465 e. The van der Waals surface area contributed by atoms with E-state index in [0.717, 1.165) is 6.07 Å². The van der Waals surface area contributed by atoms with Crippen molar-refractivity contribution in [3.63, 3.8) is 0 Å². The highest BCUT2D eigenvalue weighted by atomic mass is 35.5. The van der Waals surface area contributed by atoms with Crippen LogP contribution in [0, 0.1) is 5.82 Å². The van der Waals surface area contributed by atoms with Gasteiger partial charge >= 0.3 is 5.97 Å². The highest BCUT2D eigenvalue weighted by Gasteiger charge is 2.12. The molecular weight excluding hydrogens is 323 g/mol. The van der Waals surface area contributed by atoms with Crippen LogP contribution in [0.5, 0.6) is 0 Å². The molecular formula is C16H14ClFN2O3. The van der Waals surface area contributed by atoms with Gasteiger partial charge in [0.2, 0.25) is 5.91 Å². The molecule has 1 amide bonds. The van der Waals surface area contributed by atoms with Crippen molar-refractivity contribution in [2.45, 2.75) is 0 Å². The zero-order valence-electron chi connectivity index (χ0n) is 12.2. The first-order valence-electron chi connectivity index (χ1n) is 6.67. The molecule has 0 saturated heterocycles. The number of hydrogen-bond donors (Lipinski definition) is 2. The van der Waals surface area contributed by atoms with Crippen LogP contribution in [0.1, 0.15) is 10.4 Å². The Morgan fingerprint density at radius 2 is 1.96 bits per heavy atom. The molecule has 0 atom stereocenters. The van der Waals surface area contributed by atoms with Crippen LogP contribution >= 0.6 is 11.6 Å². The Morgan fingerprint density at radius 1 is 1.22 bits per heavy atom. The van der Waals surface area contributed by atoms with Crippen molar-refractivity contribution in [3.8, 4) is 0 Å². The highest BCUT2D eigenvalue weighted by Crippen LogP contribution is 2.19. The van der Waals surface area contributed by atoms with E-state index >= 15 is 0 Å². The number of methoxy groups -OCH3 is 1. The number of halogens is 2. The number of carbonyl (C=O) groups is 2. The molecule has 2 aromatic rings. The molecule has 0 aliphatic rings. The van der Waals surface area contributed by atoms with Crippen LogP contribution in [-0.4, -0.2) is 25.5 Å². The van der Waals surface area contributed by atoms with Gasteiger partial charge in [-0.05, 0) is 30.3 Å². The van der Waals surface area contributed by atoms with Crippen LogP contribution in [0.25, 0.3) is 0 Å². The minimum absolute atomic E-state index is 0.0770. The number of hydrogen-bond acceptors (Lipinski definition) is 4. The molecule has 0 spiro atoms. The van der Waals surface area contributed by atoms with E-state index in [1.165, 1.54) is 19.2 Å².